The number of halogens is 3. The van der Waals surface area contributed by atoms with Gasteiger partial charge in [0, 0.05) is 26.7 Å². The summed E-state index contributed by atoms with van der Waals surface area (Å²) in [6.45, 7) is 0.991. The Kier molecular flexibility index (Phi) is 9.80. The summed E-state index contributed by atoms with van der Waals surface area (Å²) < 4.78 is 41.6. The molecular formula is C25H31Cl2FN4O4S. The van der Waals surface area contributed by atoms with Crippen LogP contribution < -0.4 is 9.62 Å². The maximum absolute atomic E-state index is 13.7. The van der Waals surface area contributed by atoms with E-state index in [9.17, 15) is 22.4 Å². The zero-order valence-corrected chi connectivity index (χ0v) is 23.3. The molecule has 1 saturated carbocycles. The van der Waals surface area contributed by atoms with E-state index in [2.05, 4.69) is 5.32 Å². The molecule has 0 aliphatic heterocycles. The molecule has 202 valence electrons. The highest BCUT2D eigenvalue weighted by molar-refractivity contribution is 7.90. The standard InChI is InChI=1S/C25H31Cl2FN4O4S/c1-17(25(34)29-20-6-4-5-7-20)31(15-18-8-13-22(26)23(27)14-18)24(33)16-32(37(35,36)30(2)3)21-11-9-19(28)10-12-21/h8-14,17,20H,4-7,15-16H2,1-3H3,(H,29,34)/t17-/m0/s1. The van der Waals surface area contributed by atoms with Crippen molar-refractivity contribution in [2.24, 2.45) is 0 Å². The first-order valence-corrected chi connectivity index (χ1v) is 14.0. The summed E-state index contributed by atoms with van der Waals surface area (Å²) in [4.78, 5) is 28.1. The monoisotopic (exact) mass is 572 g/mol. The molecule has 0 radical (unpaired) electrons. The van der Waals surface area contributed by atoms with Crippen LogP contribution >= 0.6 is 23.2 Å². The Labute approximate surface area is 227 Å². The first-order valence-electron chi connectivity index (χ1n) is 11.9. The molecule has 1 atom stereocenters. The predicted octanol–water partition coefficient (Wildman–Crippen LogP) is 4.22. The van der Waals surface area contributed by atoms with E-state index in [1.165, 1.54) is 31.1 Å². The summed E-state index contributed by atoms with van der Waals surface area (Å²) in [5, 5.41) is 3.63. The van der Waals surface area contributed by atoms with Crippen LogP contribution in [0.1, 0.15) is 38.2 Å². The number of hydrogen-bond acceptors (Lipinski definition) is 4. The molecule has 0 heterocycles. The molecular weight excluding hydrogens is 542 g/mol. The van der Waals surface area contributed by atoms with Gasteiger partial charge in [-0.3, -0.25) is 9.59 Å². The number of hydrogen-bond donors (Lipinski definition) is 1. The fraction of sp³-hybridized carbons (Fsp3) is 0.440. The van der Waals surface area contributed by atoms with Gasteiger partial charge in [-0.05, 0) is 61.7 Å². The van der Waals surface area contributed by atoms with Crippen LogP contribution in [0.2, 0.25) is 10.0 Å². The van der Waals surface area contributed by atoms with Crippen molar-refractivity contribution in [1.29, 1.82) is 0 Å². The van der Waals surface area contributed by atoms with Crippen molar-refractivity contribution in [1.82, 2.24) is 14.5 Å². The van der Waals surface area contributed by atoms with Gasteiger partial charge in [-0.15, -0.1) is 0 Å². The Morgan fingerprint density at radius 1 is 1.05 bits per heavy atom. The summed E-state index contributed by atoms with van der Waals surface area (Å²) >= 11 is 12.2. The highest BCUT2D eigenvalue weighted by Crippen LogP contribution is 2.25. The number of carbonyl (C=O) groups is 2. The second-order valence-electron chi connectivity index (χ2n) is 9.21. The van der Waals surface area contributed by atoms with Crippen LogP contribution in [0.5, 0.6) is 0 Å². The molecule has 37 heavy (non-hydrogen) atoms. The van der Waals surface area contributed by atoms with E-state index in [1.54, 1.807) is 25.1 Å². The van der Waals surface area contributed by atoms with Gasteiger partial charge in [0.15, 0.2) is 0 Å². The van der Waals surface area contributed by atoms with Crippen LogP contribution in [0.4, 0.5) is 10.1 Å². The molecule has 0 saturated heterocycles. The third kappa shape index (κ3) is 7.34. The summed E-state index contributed by atoms with van der Waals surface area (Å²) in [6.07, 6.45) is 3.80. The Balaban J connectivity index is 1.93. The molecule has 8 nitrogen and oxygen atoms in total. The predicted molar refractivity (Wildman–Crippen MR) is 143 cm³/mol. The summed E-state index contributed by atoms with van der Waals surface area (Å²) in [5.41, 5.74) is 0.730. The number of amides is 2. The van der Waals surface area contributed by atoms with E-state index in [0.29, 0.717) is 10.6 Å². The van der Waals surface area contributed by atoms with E-state index in [-0.39, 0.29) is 29.2 Å². The zero-order valence-electron chi connectivity index (χ0n) is 21.0. The molecule has 1 aliphatic carbocycles. The summed E-state index contributed by atoms with van der Waals surface area (Å²) in [7, 11) is -1.46. The molecule has 1 aliphatic rings. The first-order chi connectivity index (χ1) is 17.4. The molecule has 1 N–H and O–H groups in total. The van der Waals surface area contributed by atoms with Crippen LogP contribution in [-0.4, -0.2) is 62.2 Å². The molecule has 3 rings (SSSR count). The maximum atomic E-state index is 13.7. The Morgan fingerprint density at radius 2 is 1.68 bits per heavy atom. The van der Waals surface area contributed by atoms with Gasteiger partial charge in [-0.2, -0.15) is 12.7 Å². The number of benzene rings is 2. The third-order valence-electron chi connectivity index (χ3n) is 6.34. The van der Waals surface area contributed by atoms with Gasteiger partial charge < -0.3 is 10.2 Å². The van der Waals surface area contributed by atoms with Gasteiger partial charge in [-0.1, -0.05) is 42.1 Å². The van der Waals surface area contributed by atoms with E-state index in [0.717, 1.165) is 46.4 Å². The van der Waals surface area contributed by atoms with Crippen LogP contribution in [0.15, 0.2) is 42.5 Å². The average Bonchev–Trinajstić information content (AvgIpc) is 3.36. The Morgan fingerprint density at radius 3 is 2.24 bits per heavy atom. The van der Waals surface area contributed by atoms with Gasteiger partial charge in [0.2, 0.25) is 11.8 Å². The molecule has 0 unspecified atom stereocenters. The Hall–Kier alpha value is -2.40. The van der Waals surface area contributed by atoms with Crippen molar-refractivity contribution in [3.05, 3.63) is 63.9 Å². The lowest BCUT2D eigenvalue weighted by Crippen LogP contribution is -2.53. The highest BCUT2D eigenvalue weighted by Gasteiger charge is 2.33. The first kappa shape index (κ1) is 29.2. The number of rotatable bonds is 10. The Bertz CT molecular complexity index is 1220. The van der Waals surface area contributed by atoms with E-state index in [1.807, 2.05) is 0 Å². The highest BCUT2D eigenvalue weighted by atomic mass is 35.5. The molecule has 1 fully saturated rings. The van der Waals surface area contributed by atoms with Crippen molar-refractivity contribution in [2.45, 2.75) is 51.2 Å². The quantitative estimate of drug-likeness (QED) is 0.461. The summed E-state index contributed by atoms with van der Waals surface area (Å²) in [5.74, 6) is -1.49. The normalized spacial score (nSPS) is 15.0. The molecule has 0 aromatic heterocycles. The minimum atomic E-state index is -4.13. The maximum Gasteiger partial charge on any atom is 0.304 e. The van der Waals surface area contributed by atoms with Crippen LogP contribution in [0.3, 0.4) is 0 Å². The van der Waals surface area contributed by atoms with Crippen LogP contribution in [0, 0.1) is 5.82 Å². The largest absolute Gasteiger partial charge is 0.352 e. The third-order valence-corrected chi connectivity index (χ3v) is 8.90. The fourth-order valence-electron chi connectivity index (χ4n) is 4.13. The molecule has 2 aromatic carbocycles. The lowest BCUT2D eigenvalue weighted by atomic mass is 10.1. The second-order valence-corrected chi connectivity index (χ2v) is 12.1. The molecule has 0 spiro atoms. The average molecular weight is 574 g/mol. The van der Waals surface area contributed by atoms with Gasteiger partial charge in [0.25, 0.3) is 0 Å². The second kappa shape index (κ2) is 12.4. The van der Waals surface area contributed by atoms with Gasteiger partial charge in [0.1, 0.15) is 18.4 Å². The van der Waals surface area contributed by atoms with Crippen molar-refractivity contribution in [3.8, 4) is 0 Å². The minimum absolute atomic E-state index is 0.00571. The van der Waals surface area contributed by atoms with Crippen molar-refractivity contribution < 1.29 is 22.4 Å². The van der Waals surface area contributed by atoms with Crippen molar-refractivity contribution in [2.75, 3.05) is 24.9 Å². The van der Waals surface area contributed by atoms with E-state index in [4.69, 9.17) is 23.2 Å². The lowest BCUT2D eigenvalue weighted by Gasteiger charge is -2.33. The van der Waals surface area contributed by atoms with E-state index >= 15 is 0 Å². The summed E-state index contributed by atoms with van der Waals surface area (Å²) in [6, 6.07) is 8.80. The SMILES string of the molecule is C[C@@H](C(=O)NC1CCCC1)N(Cc1ccc(Cl)c(Cl)c1)C(=O)CN(c1ccc(F)cc1)S(=O)(=O)N(C)C. The smallest absolute Gasteiger partial charge is 0.304 e. The van der Waals surface area contributed by atoms with E-state index < -0.39 is 34.5 Å². The van der Waals surface area contributed by atoms with Crippen molar-refractivity contribution >= 4 is 50.9 Å². The van der Waals surface area contributed by atoms with Gasteiger partial charge in [-0.25, -0.2) is 8.70 Å². The molecule has 2 aromatic rings. The topological polar surface area (TPSA) is 90.0 Å². The van der Waals surface area contributed by atoms with Crippen LogP contribution in [0.25, 0.3) is 0 Å². The molecule has 12 heteroatoms. The number of carbonyl (C=O) groups excluding carboxylic acids is 2. The number of nitrogens with one attached hydrogen (secondary N) is 1. The number of anilines is 1. The van der Waals surface area contributed by atoms with Crippen LogP contribution in [-0.2, 0) is 26.3 Å². The number of nitrogens with zero attached hydrogens (tertiary/aromatic N) is 3. The zero-order chi connectivity index (χ0) is 27.3. The van der Waals surface area contributed by atoms with Gasteiger partial charge in [0.05, 0.1) is 15.7 Å². The fourth-order valence-corrected chi connectivity index (χ4v) is 5.51. The lowest BCUT2D eigenvalue weighted by molar-refractivity contribution is -0.139. The van der Waals surface area contributed by atoms with Crippen molar-refractivity contribution in [3.63, 3.8) is 0 Å². The minimum Gasteiger partial charge on any atom is -0.352 e. The van der Waals surface area contributed by atoms with Gasteiger partial charge >= 0.3 is 10.2 Å². The molecule has 2 amide bonds. The molecule has 0 bridgehead atoms.